The smallest absolute Gasteiger partial charge is 0.336 e. The summed E-state index contributed by atoms with van der Waals surface area (Å²) < 4.78 is 0. The highest BCUT2D eigenvalue weighted by Crippen LogP contribution is 2.37. The van der Waals surface area contributed by atoms with E-state index in [4.69, 9.17) is 16.7 Å². The average molecular weight is 354 g/mol. The largest absolute Gasteiger partial charge is 0.478 e. The minimum atomic E-state index is -1.29. The van der Waals surface area contributed by atoms with Crippen LogP contribution in [-0.4, -0.2) is 27.1 Å². The minimum Gasteiger partial charge on any atom is -0.478 e. The van der Waals surface area contributed by atoms with E-state index in [1.807, 2.05) is 0 Å². The summed E-state index contributed by atoms with van der Waals surface area (Å²) in [7, 11) is 0. The lowest BCUT2D eigenvalue weighted by atomic mass is 10.2. The number of carboxylic acids is 2. The third-order valence-electron chi connectivity index (χ3n) is 2.79. The number of carboxylic acid groups (broad SMARTS) is 2. The van der Waals surface area contributed by atoms with Crippen LogP contribution in [0, 0.1) is 10.1 Å². The second kappa shape index (κ2) is 6.67. The number of nitro benzene ring substituents is 1. The molecule has 2 N–H and O–H groups in total. The molecular formula is C14H8ClNO6S. The van der Waals surface area contributed by atoms with Crippen LogP contribution in [0.25, 0.3) is 0 Å². The van der Waals surface area contributed by atoms with Crippen molar-refractivity contribution in [1.29, 1.82) is 0 Å². The van der Waals surface area contributed by atoms with Gasteiger partial charge in [-0.05, 0) is 30.3 Å². The number of benzene rings is 2. The van der Waals surface area contributed by atoms with E-state index in [1.165, 1.54) is 30.3 Å². The molecule has 0 fully saturated rings. The fraction of sp³-hybridized carbons (Fsp3) is 0. The first kappa shape index (κ1) is 16.8. The number of rotatable bonds is 5. The highest BCUT2D eigenvalue weighted by molar-refractivity contribution is 7.99. The molecule has 2 aromatic rings. The molecule has 0 bridgehead atoms. The summed E-state index contributed by atoms with van der Waals surface area (Å²) in [4.78, 5) is 32.9. The molecular weight excluding hydrogens is 346 g/mol. The summed E-state index contributed by atoms with van der Waals surface area (Å²) in [5, 5.41) is 29.4. The molecule has 0 saturated heterocycles. The molecule has 0 radical (unpaired) electrons. The Morgan fingerprint density at radius 1 is 1.04 bits per heavy atom. The number of nitro groups is 1. The quantitative estimate of drug-likeness (QED) is 0.620. The van der Waals surface area contributed by atoms with Crippen molar-refractivity contribution < 1.29 is 24.7 Å². The SMILES string of the molecule is O=C(O)c1ccc(Sc2ccc(Cl)cc2C(=O)O)c([N+](=O)[O-])c1. The van der Waals surface area contributed by atoms with E-state index in [-0.39, 0.29) is 25.9 Å². The molecule has 0 aliphatic carbocycles. The second-order valence-electron chi connectivity index (χ2n) is 4.29. The molecule has 2 aromatic carbocycles. The van der Waals surface area contributed by atoms with Crippen LogP contribution in [0.2, 0.25) is 5.02 Å². The molecule has 2 rings (SSSR count). The van der Waals surface area contributed by atoms with Gasteiger partial charge < -0.3 is 10.2 Å². The Labute approximate surface area is 138 Å². The zero-order chi connectivity index (χ0) is 17.1. The van der Waals surface area contributed by atoms with Gasteiger partial charge in [0.1, 0.15) is 0 Å². The number of carbonyl (C=O) groups is 2. The monoisotopic (exact) mass is 353 g/mol. The van der Waals surface area contributed by atoms with Crippen molar-refractivity contribution in [2.45, 2.75) is 9.79 Å². The molecule has 118 valence electrons. The molecule has 9 heteroatoms. The Morgan fingerprint density at radius 3 is 2.26 bits per heavy atom. The Morgan fingerprint density at radius 2 is 1.70 bits per heavy atom. The first-order chi connectivity index (χ1) is 10.8. The summed E-state index contributed by atoms with van der Waals surface area (Å²) in [5.74, 6) is -2.51. The lowest BCUT2D eigenvalue weighted by Gasteiger charge is -2.07. The summed E-state index contributed by atoms with van der Waals surface area (Å²) >= 11 is 6.61. The van der Waals surface area contributed by atoms with Crippen LogP contribution < -0.4 is 0 Å². The molecule has 0 heterocycles. The predicted octanol–water partition coefficient (Wildman–Crippen LogP) is 3.80. The maximum Gasteiger partial charge on any atom is 0.336 e. The van der Waals surface area contributed by atoms with Crippen LogP contribution in [0.4, 0.5) is 5.69 Å². The summed E-state index contributed by atoms with van der Waals surface area (Å²) in [6, 6.07) is 7.56. The van der Waals surface area contributed by atoms with Crippen molar-refractivity contribution in [2.24, 2.45) is 0 Å². The van der Waals surface area contributed by atoms with Crippen LogP contribution >= 0.6 is 23.4 Å². The first-order valence-electron chi connectivity index (χ1n) is 6.02. The third-order valence-corrected chi connectivity index (χ3v) is 4.17. The van der Waals surface area contributed by atoms with Crippen molar-refractivity contribution in [3.8, 4) is 0 Å². The Balaban J connectivity index is 2.50. The molecule has 0 amide bonds. The van der Waals surface area contributed by atoms with E-state index in [2.05, 4.69) is 0 Å². The number of aromatic carboxylic acids is 2. The van der Waals surface area contributed by atoms with Crippen molar-refractivity contribution >= 4 is 41.0 Å². The van der Waals surface area contributed by atoms with E-state index < -0.39 is 22.5 Å². The summed E-state index contributed by atoms with van der Waals surface area (Å²) in [6.07, 6.45) is 0. The number of nitrogens with zero attached hydrogens (tertiary/aromatic N) is 1. The normalized spacial score (nSPS) is 10.3. The van der Waals surface area contributed by atoms with Gasteiger partial charge in [-0.1, -0.05) is 23.4 Å². The lowest BCUT2D eigenvalue weighted by molar-refractivity contribution is -0.387. The Kier molecular flexibility index (Phi) is 4.87. The Hall–Kier alpha value is -2.58. The van der Waals surface area contributed by atoms with Crippen LogP contribution in [0.3, 0.4) is 0 Å². The van der Waals surface area contributed by atoms with Crippen LogP contribution in [0.1, 0.15) is 20.7 Å². The van der Waals surface area contributed by atoms with E-state index in [9.17, 15) is 24.8 Å². The van der Waals surface area contributed by atoms with Crippen LogP contribution in [-0.2, 0) is 0 Å². The van der Waals surface area contributed by atoms with Gasteiger partial charge in [0.15, 0.2) is 0 Å². The average Bonchev–Trinajstić information content (AvgIpc) is 2.48. The molecule has 0 aromatic heterocycles. The summed E-state index contributed by atoms with van der Waals surface area (Å²) in [6.45, 7) is 0. The molecule has 23 heavy (non-hydrogen) atoms. The Bertz CT molecular complexity index is 823. The zero-order valence-electron chi connectivity index (χ0n) is 11.2. The van der Waals surface area contributed by atoms with E-state index in [0.717, 1.165) is 17.8 Å². The van der Waals surface area contributed by atoms with Crippen LogP contribution in [0.15, 0.2) is 46.2 Å². The van der Waals surface area contributed by atoms with Gasteiger partial charge >= 0.3 is 11.9 Å². The third kappa shape index (κ3) is 3.79. The lowest BCUT2D eigenvalue weighted by Crippen LogP contribution is -2.01. The van der Waals surface area contributed by atoms with Gasteiger partial charge in [0.25, 0.3) is 5.69 Å². The van der Waals surface area contributed by atoms with Gasteiger partial charge in [-0.25, -0.2) is 9.59 Å². The molecule has 0 saturated carbocycles. The van der Waals surface area contributed by atoms with Gasteiger partial charge in [0.2, 0.25) is 0 Å². The van der Waals surface area contributed by atoms with Gasteiger partial charge in [-0.2, -0.15) is 0 Å². The van der Waals surface area contributed by atoms with Gasteiger partial charge in [-0.15, -0.1) is 0 Å². The minimum absolute atomic E-state index is 0.0980. The van der Waals surface area contributed by atoms with Crippen LogP contribution in [0.5, 0.6) is 0 Å². The summed E-state index contributed by atoms with van der Waals surface area (Å²) in [5.41, 5.74) is -0.740. The fourth-order valence-corrected chi connectivity index (χ4v) is 2.93. The number of halogens is 1. The molecule has 0 aliphatic heterocycles. The van der Waals surface area contributed by atoms with Crippen molar-refractivity contribution in [1.82, 2.24) is 0 Å². The standard InChI is InChI=1S/C14H8ClNO6S/c15-8-2-4-11(9(6-8)14(19)20)23-12-3-1-7(13(17)18)5-10(12)16(21)22/h1-6H,(H,17,18)(H,19,20). The molecule has 0 atom stereocenters. The van der Waals surface area contributed by atoms with Gasteiger partial charge in [0, 0.05) is 16.0 Å². The maximum absolute atomic E-state index is 11.2. The van der Waals surface area contributed by atoms with E-state index in [1.54, 1.807) is 0 Å². The maximum atomic E-state index is 11.2. The van der Waals surface area contributed by atoms with E-state index >= 15 is 0 Å². The van der Waals surface area contributed by atoms with Gasteiger partial charge in [-0.3, -0.25) is 10.1 Å². The zero-order valence-corrected chi connectivity index (χ0v) is 12.8. The number of hydrogen-bond donors (Lipinski definition) is 2. The molecule has 0 unspecified atom stereocenters. The molecule has 0 spiro atoms. The number of hydrogen-bond acceptors (Lipinski definition) is 5. The topological polar surface area (TPSA) is 118 Å². The van der Waals surface area contributed by atoms with Crippen molar-refractivity contribution in [3.05, 3.63) is 62.7 Å². The molecule has 7 nitrogen and oxygen atoms in total. The highest BCUT2D eigenvalue weighted by atomic mass is 35.5. The first-order valence-corrected chi connectivity index (χ1v) is 7.21. The second-order valence-corrected chi connectivity index (χ2v) is 5.81. The van der Waals surface area contributed by atoms with E-state index in [0.29, 0.717) is 0 Å². The van der Waals surface area contributed by atoms with Crippen molar-refractivity contribution in [3.63, 3.8) is 0 Å². The van der Waals surface area contributed by atoms with Crippen molar-refractivity contribution in [2.75, 3.05) is 0 Å². The molecule has 0 aliphatic rings. The highest BCUT2D eigenvalue weighted by Gasteiger charge is 2.20. The van der Waals surface area contributed by atoms with Gasteiger partial charge in [0.05, 0.1) is 20.9 Å². The predicted molar refractivity (Wildman–Crippen MR) is 82.6 cm³/mol. The fourth-order valence-electron chi connectivity index (χ4n) is 1.76.